The number of hydrogen-bond acceptors (Lipinski definition) is 4. The van der Waals surface area contributed by atoms with Crippen LogP contribution in [0.4, 0.5) is 0 Å². The van der Waals surface area contributed by atoms with Gasteiger partial charge in [-0.3, -0.25) is 14.7 Å². The lowest BCUT2D eigenvalue weighted by Crippen LogP contribution is -2.27. The Hall–Kier alpha value is -2.70. The largest absolute Gasteiger partial charge is 0.318 e. The highest BCUT2D eigenvalue weighted by Gasteiger charge is 2.32. The van der Waals surface area contributed by atoms with E-state index in [2.05, 4.69) is 53.7 Å². The normalized spacial score (nSPS) is 18.3. The highest BCUT2D eigenvalue weighted by molar-refractivity contribution is 8.26. The van der Waals surface area contributed by atoms with Crippen LogP contribution in [0.3, 0.4) is 0 Å². The van der Waals surface area contributed by atoms with Crippen LogP contribution in [0.2, 0.25) is 0 Å². The van der Waals surface area contributed by atoms with Gasteiger partial charge in [0.25, 0.3) is 5.91 Å². The van der Waals surface area contributed by atoms with Crippen molar-refractivity contribution < 1.29 is 4.79 Å². The van der Waals surface area contributed by atoms with E-state index in [-0.39, 0.29) is 5.91 Å². The molecule has 34 heavy (non-hydrogen) atoms. The van der Waals surface area contributed by atoms with Gasteiger partial charge in [-0.15, -0.1) is 0 Å². The molecule has 0 spiro atoms. The zero-order valence-corrected chi connectivity index (χ0v) is 21.3. The van der Waals surface area contributed by atoms with Crippen molar-refractivity contribution in [2.75, 3.05) is 0 Å². The molecule has 1 saturated heterocycles. The van der Waals surface area contributed by atoms with Gasteiger partial charge in [-0.25, -0.2) is 0 Å². The van der Waals surface area contributed by atoms with Crippen molar-refractivity contribution in [1.82, 2.24) is 14.5 Å². The van der Waals surface area contributed by atoms with E-state index in [9.17, 15) is 4.79 Å². The molecule has 6 heteroatoms. The predicted octanol–water partition coefficient (Wildman–Crippen LogP) is 6.94. The van der Waals surface area contributed by atoms with Gasteiger partial charge in [-0.1, -0.05) is 61.4 Å². The molecule has 1 saturated carbocycles. The average Bonchev–Trinajstić information content (AvgIpc) is 3.29. The minimum Gasteiger partial charge on any atom is -0.318 e. The molecule has 3 heterocycles. The van der Waals surface area contributed by atoms with Gasteiger partial charge in [-0.2, -0.15) is 0 Å². The number of aryl methyl sites for hydroxylation is 1. The van der Waals surface area contributed by atoms with Gasteiger partial charge in [0.05, 0.1) is 11.4 Å². The molecule has 2 aliphatic rings. The first-order valence-corrected chi connectivity index (χ1v) is 13.2. The summed E-state index contributed by atoms with van der Waals surface area (Å²) in [5.41, 5.74) is 6.92. The second-order valence-corrected chi connectivity index (χ2v) is 10.9. The molecule has 1 aliphatic carbocycles. The molecular weight excluding hydrogens is 458 g/mol. The maximum Gasteiger partial charge on any atom is 0.266 e. The zero-order chi connectivity index (χ0) is 23.7. The lowest BCUT2D eigenvalue weighted by Gasteiger charge is -2.22. The first kappa shape index (κ1) is 23.1. The maximum atomic E-state index is 13.1. The Labute approximate surface area is 211 Å². The molecule has 1 amide bonds. The number of carbonyl (C=O) groups excluding carboxylic acids is 1. The summed E-state index contributed by atoms with van der Waals surface area (Å²) in [6, 6.07) is 15.1. The topological polar surface area (TPSA) is 38.1 Å². The van der Waals surface area contributed by atoms with Gasteiger partial charge >= 0.3 is 0 Å². The minimum atomic E-state index is -0.0412. The van der Waals surface area contributed by atoms with E-state index in [0.29, 0.717) is 21.7 Å². The number of thioether (sulfide) groups is 1. The number of benzene rings is 1. The first-order chi connectivity index (χ1) is 16.5. The van der Waals surface area contributed by atoms with E-state index >= 15 is 0 Å². The average molecular weight is 488 g/mol. The molecule has 1 aromatic carbocycles. The molecule has 0 unspecified atom stereocenters. The fraction of sp³-hybridized carbons (Fsp3) is 0.321. The Morgan fingerprint density at radius 3 is 2.59 bits per heavy atom. The van der Waals surface area contributed by atoms with E-state index in [1.165, 1.54) is 55.1 Å². The molecule has 0 atom stereocenters. The Morgan fingerprint density at radius 1 is 1.12 bits per heavy atom. The van der Waals surface area contributed by atoms with Gasteiger partial charge in [0, 0.05) is 29.5 Å². The quantitative estimate of drug-likeness (QED) is 0.289. The third-order valence-electron chi connectivity index (χ3n) is 6.92. The Kier molecular flexibility index (Phi) is 6.70. The zero-order valence-electron chi connectivity index (χ0n) is 19.7. The summed E-state index contributed by atoms with van der Waals surface area (Å²) in [5.74, 6) is 0.666. The fourth-order valence-corrected chi connectivity index (χ4v) is 6.36. The standard InChI is InChI=1S/C28H29N3OS2/c1-19-15-24(16-26-27(32)30(28(33)34-26)18-21-7-6-14-29-17-21)20(2)31(19)25-12-10-23(11-13-25)22-8-4-3-5-9-22/h6-7,10-17,22H,3-5,8-9,18H2,1-2H3/b26-16-. The number of hydrogen-bond donors (Lipinski definition) is 0. The lowest BCUT2D eigenvalue weighted by atomic mass is 9.84. The molecule has 2 aromatic heterocycles. The van der Waals surface area contributed by atoms with Gasteiger partial charge in [-0.05, 0) is 79.6 Å². The van der Waals surface area contributed by atoms with Gasteiger partial charge in [0.1, 0.15) is 4.32 Å². The Morgan fingerprint density at radius 2 is 1.88 bits per heavy atom. The third kappa shape index (κ3) is 4.62. The van der Waals surface area contributed by atoms with Crippen LogP contribution in [0, 0.1) is 13.8 Å². The van der Waals surface area contributed by atoms with E-state index in [4.69, 9.17) is 12.2 Å². The molecule has 1 aliphatic heterocycles. The van der Waals surface area contributed by atoms with E-state index in [1.54, 1.807) is 17.3 Å². The van der Waals surface area contributed by atoms with Crippen LogP contribution in [-0.2, 0) is 11.3 Å². The molecular formula is C28H29N3OS2. The lowest BCUT2D eigenvalue weighted by molar-refractivity contribution is -0.122. The van der Waals surface area contributed by atoms with Crippen LogP contribution in [0.5, 0.6) is 0 Å². The Bertz CT molecular complexity index is 1240. The van der Waals surface area contributed by atoms with Crippen LogP contribution >= 0.6 is 24.0 Å². The van der Waals surface area contributed by atoms with Crippen molar-refractivity contribution in [2.45, 2.75) is 58.4 Å². The summed E-state index contributed by atoms with van der Waals surface area (Å²) in [4.78, 5) is 19.6. The highest BCUT2D eigenvalue weighted by Crippen LogP contribution is 2.36. The summed E-state index contributed by atoms with van der Waals surface area (Å²) >= 11 is 6.89. The smallest absolute Gasteiger partial charge is 0.266 e. The predicted molar refractivity (Wildman–Crippen MR) is 144 cm³/mol. The van der Waals surface area contributed by atoms with Crippen LogP contribution < -0.4 is 0 Å². The number of rotatable bonds is 5. The van der Waals surface area contributed by atoms with Crippen LogP contribution in [0.15, 0.2) is 59.8 Å². The molecule has 2 fully saturated rings. The van der Waals surface area contributed by atoms with Gasteiger partial charge in [0.15, 0.2) is 0 Å². The molecule has 0 bridgehead atoms. The van der Waals surface area contributed by atoms with Crippen molar-refractivity contribution in [1.29, 1.82) is 0 Å². The number of thiocarbonyl (C=S) groups is 1. The monoisotopic (exact) mass is 487 g/mol. The number of amides is 1. The highest BCUT2D eigenvalue weighted by atomic mass is 32.2. The summed E-state index contributed by atoms with van der Waals surface area (Å²) in [7, 11) is 0. The van der Waals surface area contributed by atoms with Gasteiger partial charge < -0.3 is 4.57 Å². The maximum absolute atomic E-state index is 13.1. The fourth-order valence-electron chi connectivity index (χ4n) is 5.11. The van der Waals surface area contributed by atoms with Gasteiger partial charge in [0.2, 0.25) is 0 Å². The van der Waals surface area contributed by atoms with E-state index in [0.717, 1.165) is 22.5 Å². The SMILES string of the molecule is Cc1cc(/C=C2\SC(=S)N(Cc3cccnc3)C2=O)c(C)n1-c1ccc(C2CCCCC2)cc1. The third-order valence-corrected chi connectivity index (χ3v) is 8.30. The molecule has 0 radical (unpaired) electrons. The van der Waals surface area contributed by atoms with Crippen molar-refractivity contribution >= 4 is 40.3 Å². The number of nitrogens with zero attached hydrogens (tertiary/aromatic N) is 3. The van der Waals surface area contributed by atoms with E-state index in [1.807, 2.05) is 18.2 Å². The van der Waals surface area contributed by atoms with Crippen molar-refractivity contribution in [3.8, 4) is 5.69 Å². The summed E-state index contributed by atoms with van der Waals surface area (Å²) in [6.07, 6.45) is 12.2. The van der Waals surface area contributed by atoms with Crippen LogP contribution in [-0.4, -0.2) is 24.7 Å². The Balaban J connectivity index is 1.38. The summed E-state index contributed by atoms with van der Waals surface area (Å²) in [5, 5.41) is 0. The molecule has 3 aromatic rings. The van der Waals surface area contributed by atoms with Crippen LogP contribution in [0.25, 0.3) is 11.8 Å². The van der Waals surface area contributed by atoms with E-state index < -0.39 is 0 Å². The number of pyridine rings is 1. The van der Waals surface area contributed by atoms with Crippen molar-refractivity contribution in [3.63, 3.8) is 0 Å². The van der Waals surface area contributed by atoms with Crippen molar-refractivity contribution in [2.24, 2.45) is 0 Å². The summed E-state index contributed by atoms with van der Waals surface area (Å²) < 4.78 is 2.86. The molecule has 4 nitrogen and oxygen atoms in total. The first-order valence-electron chi connectivity index (χ1n) is 11.9. The number of carbonyl (C=O) groups is 1. The second-order valence-electron chi connectivity index (χ2n) is 9.22. The molecule has 5 rings (SSSR count). The minimum absolute atomic E-state index is 0.0412. The summed E-state index contributed by atoms with van der Waals surface area (Å²) in [6.45, 7) is 4.68. The number of aromatic nitrogens is 2. The van der Waals surface area contributed by atoms with Crippen LogP contribution in [0.1, 0.15) is 66.1 Å². The van der Waals surface area contributed by atoms with Crippen molar-refractivity contribution in [3.05, 3.63) is 87.8 Å². The molecule has 0 N–H and O–H groups in total. The molecule has 174 valence electrons. The second kappa shape index (κ2) is 9.88.